The topological polar surface area (TPSA) is 93.0 Å². The van der Waals surface area contributed by atoms with E-state index in [0.717, 1.165) is 12.0 Å². The van der Waals surface area contributed by atoms with Crippen LogP contribution < -0.4 is 11.3 Å². The molecular formula is C11H16N2O3S. The van der Waals surface area contributed by atoms with Gasteiger partial charge in [-0.15, -0.1) is 0 Å². The van der Waals surface area contributed by atoms with E-state index < -0.39 is 9.84 Å². The lowest BCUT2D eigenvalue weighted by atomic mass is 9.96. The van der Waals surface area contributed by atoms with Crippen molar-refractivity contribution < 1.29 is 8.42 Å². The van der Waals surface area contributed by atoms with Crippen molar-refractivity contribution in [3.05, 3.63) is 33.7 Å². The minimum Gasteiger partial charge on any atom is -0.329 e. The number of aromatic nitrogens is 1. The number of nitrogens with one attached hydrogen (secondary N) is 1. The number of hydrogen-bond acceptors (Lipinski definition) is 4. The van der Waals surface area contributed by atoms with E-state index in [1.807, 2.05) is 0 Å². The number of H-pyrrole nitrogens is 1. The van der Waals surface area contributed by atoms with Gasteiger partial charge in [0.15, 0.2) is 9.84 Å². The van der Waals surface area contributed by atoms with Crippen molar-refractivity contribution in [3.8, 4) is 0 Å². The number of sulfone groups is 1. The molecule has 0 aliphatic carbocycles. The molecule has 0 saturated carbocycles. The quantitative estimate of drug-likeness (QED) is 0.786. The van der Waals surface area contributed by atoms with Crippen LogP contribution in [-0.4, -0.2) is 24.9 Å². The van der Waals surface area contributed by atoms with Gasteiger partial charge in [-0.05, 0) is 30.4 Å². The van der Waals surface area contributed by atoms with E-state index >= 15 is 0 Å². The van der Waals surface area contributed by atoms with Crippen molar-refractivity contribution in [3.63, 3.8) is 0 Å². The molecule has 1 fully saturated rings. The van der Waals surface area contributed by atoms with E-state index in [0.29, 0.717) is 12.0 Å². The van der Waals surface area contributed by atoms with Gasteiger partial charge >= 0.3 is 0 Å². The van der Waals surface area contributed by atoms with Crippen molar-refractivity contribution in [2.75, 3.05) is 11.5 Å². The summed E-state index contributed by atoms with van der Waals surface area (Å²) in [5.74, 6) is 0.426. The maximum atomic E-state index is 11.6. The zero-order chi connectivity index (χ0) is 12.5. The van der Waals surface area contributed by atoms with Crippen LogP contribution in [0.1, 0.15) is 29.9 Å². The third kappa shape index (κ3) is 2.76. The second kappa shape index (κ2) is 4.62. The van der Waals surface area contributed by atoms with Crippen LogP contribution in [0.15, 0.2) is 17.1 Å². The molecule has 2 heterocycles. The molecule has 1 aromatic heterocycles. The summed E-state index contributed by atoms with van der Waals surface area (Å²) in [5, 5.41) is 0. The summed E-state index contributed by atoms with van der Waals surface area (Å²) in [7, 11) is -2.93. The Kier molecular flexibility index (Phi) is 3.35. The highest BCUT2D eigenvalue weighted by molar-refractivity contribution is 7.91. The lowest BCUT2D eigenvalue weighted by Gasteiger charge is -2.22. The van der Waals surface area contributed by atoms with Gasteiger partial charge in [0.2, 0.25) is 0 Å². The second-order valence-corrected chi connectivity index (χ2v) is 6.67. The van der Waals surface area contributed by atoms with Gasteiger partial charge in [0, 0.05) is 18.3 Å². The Balaban J connectivity index is 2.31. The Morgan fingerprint density at radius 1 is 1.47 bits per heavy atom. The maximum Gasteiger partial charge on any atom is 0.252 e. The van der Waals surface area contributed by atoms with Crippen LogP contribution in [0.4, 0.5) is 0 Å². The fraction of sp³-hybridized carbons (Fsp3) is 0.545. The zero-order valence-corrected chi connectivity index (χ0v) is 10.3. The average Bonchev–Trinajstić information content (AvgIpc) is 2.28. The van der Waals surface area contributed by atoms with Gasteiger partial charge in [0.25, 0.3) is 5.56 Å². The Morgan fingerprint density at radius 3 is 2.88 bits per heavy atom. The van der Waals surface area contributed by atoms with Crippen molar-refractivity contribution in [1.82, 2.24) is 4.98 Å². The summed E-state index contributed by atoms with van der Waals surface area (Å²) >= 11 is 0. The monoisotopic (exact) mass is 256 g/mol. The average molecular weight is 256 g/mol. The van der Waals surface area contributed by atoms with Crippen LogP contribution in [0.2, 0.25) is 0 Å². The normalized spacial score (nSPS) is 23.5. The Labute approximate surface area is 100.0 Å². The molecule has 94 valence electrons. The van der Waals surface area contributed by atoms with E-state index in [2.05, 4.69) is 4.98 Å². The van der Waals surface area contributed by atoms with Crippen LogP contribution in [0.3, 0.4) is 0 Å². The molecule has 0 bridgehead atoms. The number of rotatable bonds is 2. The van der Waals surface area contributed by atoms with Gasteiger partial charge < -0.3 is 10.7 Å². The fourth-order valence-electron chi connectivity index (χ4n) is 2.22. The molecule has 17 heavy (non-hydrogen) atoms. The third-order valence-corrected chi connectivity index (χ3v) is 4.98. The third-order valence-electron chi connectivity index (χ3n) is 3.16. The van der Waals surface area contributed by atoms with Crippen LogP contribution in [-0.2, 0) is 16.4 Å². The van der Waals surface area contributed by atoms with Crippen molar-refractivity contribution >= 4 is 9.84 Å². The van der Waals surface area contributed by atoms with E-state index in [9.17, 15) is 13.2 Å². The molecule has 1 unspecified atom stereocenters. The van der Waals surface area contributed by atoms with E-state index in [-0.39, 0.29) is 29.5 Å². The summed E-state index contributed by atoms with van der Waals surface area (Å²) in [4.78, 5) is 14.0. The van der Waals surface area contributed by atoms with Gasteiger partial charge in [0.1, 0.15) is 0 Å². The van der Waals surface area contributed by atoms with Crippen molar-refractivity contribution in [2.45, 2.75) is 25.3 Å². The molecule has 1 aromatic rings. The number of pyridine rings is 1. The van der Waals surface area contributed by atoms with Gasteiger partial charge in [0.05, 0.1) is 11.5 Å². The molecule has 2 rings (SSSR count). The van der Waals surface area contributed by atoms with Gasteiger partial charge in [-0.1, -0.05) is 0 Å². The number of hydrogen-bond donors (Lipinski definition) is 2. The van der Waals surface area contributed by atoms with Gasteiger partial charge in [-0.3, -0.25) is 4.79 Å². The molecule has 0 spiro atoms. The summed E-state index contributed by atoms with van der Waals surface area (Å²) in [6.45, 7) is 0.169. The SMILES string of the molecule is NCc1cc(C2CCCS(=O)(=O)C2)c[nH]c1=O. The summed E-state index contributed by atoms with van der Waals surface area (Å²) < 4.78 is 23.1. The first-order chi connectivity index (χ1) is 8.02. The predicted octanol–water partition coefficient (Wildman–Crippen LogP) is 0.126. The first-order valence-corrected chi connectivity index (χ1v) is 7.46. The number of aromatic amines is 1. The molecule has 0 aromatic carbocycles. The lowest BCUT2D eigenvalue weighted by Crippen LogP contribution is -2.25. The molecule has 1 aliphatic heterocycles. The second-order valence-electron chi connectivity index (χ2n) is 4.45. The largest absolute Gasteiger partial charge is 0.329 e. The summed E-state index contributed by atoms with van der Waals surface area (Å²) in [6.07, 6.45) is 3.13. The van der Waals surface area contributed by atoms with Crippen molar-refractivity contribution in [2.24, 2.45) is 5.73 Å². The first-order valence-electron chi connectivity index (χ1n) is 5.64. The molecule has 0 amide bonds. The van der Waals surface area contributed by atoms with Crippen LogP contribution in [0.5, 0.6) is 0 Å². The van der Waals surface area contributed by atoms with Crippen LogP contribution in [0, 0.1) is 0 Å². The maximum absolute atomic E-state index is 11.6. The zero-order valence-electron chi connectivity index (χ0n) is 9.48. The molecule has 1 atom stereocenters. The fourth-order valence-corrected chi connectivity index (χ4v) is 3.97. The summed E-state index contributed by atoms with van der Waals surface area (Å²) in [5.41, 5.74) is 6.64. The Bertz CT molecular complexity index is 562. The van der Waals surface area contributed by atoms with Crippen LogP contribution in [0.25, 0.3) is 0 Å². The van der Waals surface area contributed by atoms with Gasteiger partial charge in [-0.2, -0.15) is 0 Å². The lowest BCUT2D eigenvalue weighted by molar-refractivity contribution is 0.553. The predicted molar refractivity (Wildman–Crippen MR) is 65.6 cm³/mol. The standard InChI is InChI=1S/C11H16N2O3S/c12-5-9-4-10(6-13-11(9)14)8-2-1-3-17(15,16)7-8/h4,6,8H,1-3,5,7,12H2,(H,13,14). The Morgan fingerprint density at radius 2 is 2.24 bits per heavy atom. The van der Waals surface area contributed by atoms with E-state index in [1.54, 1.807) is 12.3 Å². The number of nitrogens with two attached hydrogens (primary N) is 1. The summed E-state index contributed by atoms with van der Waals surface area (Å²) in [6, 6.07) is 1.73. The van der Waals surface area contributed by atoms with Crippen molar-refractivity contribution in [1.29, 1.82) is 0 Å². The first kappa shape index (κ1) is 12.3. The molecule has 5 nitrogen and oxygen atoms in total. The minimum absolute atomic E-state index is 0.0177. The molecule has 1 aliphatic rings. The molecule has 1 saturated heterocycles. The Hall–Kier alpha value is -1.14. The van der Waals surface area contributed by atoms with Crippen LogP contribution >= 0.6 is 0 Å². The van der Waals surface area contributed by atoms with E-state index in [1.165, 1.54) is 0 Å². The highest BCUT2D eigenvalue weighted by Crippen LogP contribution is 2.27. The molecule has 0 radical (unpaired) electrons. The van der Waals surface area contributed by atoms with Gasteiger partial charge in [-0.25, -0.2) is 8.42 Å². The molecule has 6 heteroatoms. The highest BCUT2D eigenvalue weighted by atomic mass is 32.2. The molecule has 3 N–H and O–H groups in total. The molecular weight excluding hydrogens is 240 g/mol. The highest BCUT2D eigenvalue weighted by Gasteiger charge is 2.26. The minimum atomic E-state index is -2.93. The smallest absolute Gasteiger partial charge is 0.252 e. The van der Waals surface area contributed by atoms with E-state index in [4.69, 9.17) is 5.73 Å².